The summed E-state index contributed by atoms with van der Waals surface area (Å²) < 4.78 is 0. The largest absolute Gasteiger partial charge is 0.372 e. The molecular formula is C13H24N4. The molecule has 0 amide bonds. The second-order valence-electron chi connectivity index (χ2n) is 4.51. The fraction of sp³-hybridized carbons (Fsp3) is 0.615. The summed E-state index contributed by atoms with van der Waals surface area (Å²) in [7, 11) is 6.31. The van der Waals surface area contributed by atoms with Gasteiger partial charge in [-0.15, -0.1) is 0 Å². The van der Waals surface area contributed by atoms with Crippen molar-refractivity contribution in [2.75, 3.05) is 45.7 Å². The highest BCUT2D eigenvalue weighted by Gasteiger charge is 2.07. The van der Waals surface area contributed by atoms with Crippen molar-refractivity contribution in [3.8, 4) is 0 Å². The standard InChI is InChI=1S/C13H24N4/c1-5-14-10-12-6-7-15-11-13(12)17(4)9-8-16(2)3/h6-7,11,14H,5,8-10H2,1-4H3. The molecule has 1 rings (SSSR count). The molecule has 1 N–H and O–H groups in total. The van der Waals surface area contributed by atoms with E-state index in [1.807, 2.05) is 12.4 Å². The zero-order chi connectivity index (χ0) is 12.7. The fourth-order valence-electron chi connectivity index (χ4n) is 1.64. The molecular weight excluding hydrogens is 212 g/mol. The van der Waals surface area contributed by atoms with E-state index < -0.39 is 0 Å². The molecule has 4 heteroatoms. The van der Waals surface area contributed by atoms with Crippen LogP contribution in [0.5, 0.6) is 0 Å². The van der Waals surface area contributed by atoms with Crippen LogP contribution in [0.3, 0.4) is 0 Å². The molecule has 0 aliphatic heterocycles. The van der Waals surface area contributed by atoms with Crippen LogP contribution in [0.25, 0.3) is 0 Å². The summed E-state index contributed by atoms with van der Waals surface area (Å²) in [4.78, 5) is 8.67. The molecule has 0 fully saturated rings. The first-order valence-electron chi connectivity index (χ1n) is 6.14. The Morgan fingerprint density at radius 1 is 1.24 bits per heavy atom. The number of nitrogens with zero attached hydrogens (tertiary/aromatic N) is 3. The van der Waals surface area contributed by atoms with Crippen molar-refractivity contribution in [3.05, 3.63) is 24.0 Å². The van der Waals surface area contributed by atoms with Crippen molar-refractivity contribution in [3.63, 3.8) is 0 Å². The Labute approximate surface area is 105 Å². The highest BCUT2D eigenvalue weighted by molar-refractivity contribution is 5.50. The average Bonchev–Trinajstić information content (AvgIpc) is 2.33. The molecule has 0 radical (unpaired) electrons. The zero-order valence-electron chi connectivity index (χ0n) is 11.4. The Hall–Kier alpha value is -1.13. The maximum Gasteiger partial charge on any atom is 0.0596 e. The Bertz CT molecular complexity index is 325. The summed E-state index contributed by atoms with van der Waals surface area (Å²) in [6, 6.07) is 2.09. The molecule has 0 saturated carbocycles. The van der Waals surface area contributed by atoms with E-state index in [-0.39, 0.29) is 0 Å². The monoisotopic (exact) mass is 236 g/mol. The van der Waals surface area contributed by atoms with Crippen LogP contribution in [0, 0.1) is 0 Å². The lowest BCUT2D eigenvalue weighted by atomic mass is 10.2. The molecule has 0 unspecified atom stereocenters. The molecule has 96 valence electrons. The van der Waals surface area contributed by atoms with Gasteiger partial charge in [0.1, 0.15) is 0 Å². The summed E-state index contributed by atoms with van der Waals surface area (Å²) in [6.07, 6.45) is 3.80. The van der Waals surface area contributed by atoms with E-state index in [0.717, 1.165) is 26.2 Å². The highest BCUT2D eigenvalue weighted by Crippen LogP contribution is 2.17. The molecule has 17 heavy (non-hydrogen) atoms. The van der Waals surface area contributed by atoms with Crippen LogP contribution in [-0.2, 0) is 6.54 Å². The number of pyridine rings is 1. The lowest BCUT2D eigenvalue weighted by Crippen LogP contribution is -2.29. The van der Waals surface area contributed by atoms with Crippen LogP contribution < -0.4 is 10.2 Å². The molecule has 1 aromatic heterocycles. The van der Waals surface area contributed by atoms with Gasteiger partial charge in [0.25, 0.3) is 0 Å². The fourth-order valence-corrected chi connectivity index (χ4v) is 1.64. The van der Waals surface area contributed by atoms with Gasteiger partial charge in [0, 0.05) is 32.9 Å². The predicted octanol–water partition coefficient (Wildman–Crippen LogP) is 1.19. The quantitative estimate of drug-likeness (QED) is 0.770. The average molecular weight is 236 g/mol. The van der Waals surface area contributed by atoms with Gasteiger partial charge in [-0.1, -0.05) is 6.92 Å². The van der Waals surface area contributed by atoms with Gasteiger partial charge in [-0.25, -0.2) is 0 Å². The van der Waals surface area contributed by atoms with Gasteiger partial charge in [0.15, 0.2) is 0 Å². The molecule has 1 heterocycles. The van der Waals surface area contributed by atoms with Gasteiger partial charge in [0.2, 0.25) is 0 Å². The van der Waals surface area contributed by atoms with Crippen molar-refractivity contribution in [2.45, 2.75) is 13.5 Å². The normalized spacial score (nSPS) is 10.9. The van der Waals surface area contributed by atoms with Crippen LogP contribution in [0.1, 0.15) is 12.5 Å². The van der Waals surface area contributed by atoms with Crippen LogP contribution >= 0.6 is 0 Å². The second-order valence-corrected chi connectivity index (χ2v) is 4.51. The maximum atomic E-state index is 4.22. The molecule has 0 aliphatic carbocycles. The van der Waals surface area contributed by atoms with E-state index in [1.54, 1.807) is 0 Å². The third-order valence-electron chi connectivity index (χ3n) is 2.75. The molecule has 0 aliphatic rings. The zero-order valence-corrected chi connectivity index (χ0v) is 11.4. The van der Waals surface area contributed by atoms with E-state index in [9.17, 15) is 0 Å². The van der Waals surface area contributed by atoms with Crippen molar-refractivity contribution >= 4 is 5.69 Å². The maximum absolute atomic E-state index is 4.22. The van der Waals surface area contributed by atoms with Crippen molar-refractivity contribution in [2.24, 2.45) is 0 Å². The molecule has 0 aromatic carbocycles. The third kappa shape index (κ3) is 4.71. The lowest BCUT2D eigenvalue weighted by molar-refractivity contribution is 0.416. The minimum Gasteiger partial charge on any atom is -0.372 e. The third-order valence-corrected chi connectivity index (χ3v) is 2.75. The van der Waals surface area contributed by atoms with Crippen LogP contribution in [0.4, 0.5) is 5.69 Å². The van der Waals surface area contributed by atoms with Crippen molar-refractivity contribution in [1.29, 1.82) is 0 Å². The van der Waals surface area contributed by atoms with Gasteiger partial charge in [-0.05, 0) is 32.3 Å². The van der Waals surface area contributed by atoms with Gasteiger partial charge in [0.05, 0.1) is 11.9 Å². The first-order chi connectivity index (χ1) is 8.15. The lowest BCUT2D eigenvalue weighted by Gasteiger charge is -2.23. The van der Waals surface area contributed by atoms with Gasteiger partial charge in [-0.2, -0.15) is 0 Å². The Morgan fingerprint density at radius 3 is 2.65 bits per heavy atom. The van der Waals surface area contributed by atoms with Gasteiger partial charge in [-0.3, -0.25) is 4.98 Å². The second kappa shape index (κ2) is 7.25. The SMILES string of the molecule is CCNCc1ccncc1N(C)CCN(C)C. The van der Waals surface area contributed by atoms with E-state index in [1.165, 1.54) is 11.3 Å². The summed E-state index contributed by atoms with van der Waals surface area (Å²) in [5, 5.41) is 3.36. The number of hydrogen-bond donors (Lipinski definition) is 1. The number of aromatic nitrogens is 1. The Morgan fingerprint density at radius 2 is 2.00 bits per heavy atom. The van der Waals surface area contributed by atoms with E-state index in [4.69, 9.17) is 0 Å². The number of nitrogens with one attached hydrogen (secondary N) is 1. The minimum absolute atomic E-state index is 0.903. The number of rotatable bonds is 7. The highest BCUT2D eigenvalue weighted by atomic mass is 15.2. The number of anilines is 1. The molecule has 0 spiro atoms. The summed E-state index contributed by atoms with van der Waals surface area (Å²) in [5.74, 6) is 0. The first-order valence-corrected chi connectivity index (χ1v) is 6.14. The topological polar surface area (TPSA) is 31.4 Å². The van der Waals surface area contributed by atoms with Crippen molar-refractivity contribution in [1.82, 2.24) is 15.2 Å². The van der Waals surface area contributed by atoms with E-state index >= 15 is 0 Å². The molecule has 0 atom stereocenters. The smallest absolute Gasteiger partial charge is 0.0596 e. The predicted molar refractivity (Wildman–Crippen MR) is 73.4 cm³/mol. The van der Waals surface area contributed by atoms with E-state index in [2.05, 4.69) is 54.2 Å². The van der Waals surface area contributed by atoms with Crippen LogP contribution in [0.2, 0.25) is 0 Å². The molecule has 0 bridgehead atoms. The molecule has 1 aromatic rings. The summed E-state index contributed by atoms with van der Waals surface area (Å²) in [5.41, 5.74) is 2.53. The Balaban J connectivity index is 2.67. The number of likely N-dealkylation sites (N-methyl/N-ethyl adjacent to an activating group) is 2. The van der Waals surface area contributed by atoms with Crippen LogP contribution in [0.15, 0.2) is 18.5 Å². The number of hydrogen-bond acceptors (Lipinski definition) is 4. The summed E-state index contributed by atoms with van der Waals surface area (Å²) in [6.45, 7) is 6.07. The van der Waals surface area contributed by atoms with Crippen molar-refractivity contribution < 1.29 is 0 Å². The summed E-state index contributed by atoms with van der Waals surface area (Å²) >= 11 is 0. The minimum atomic E-state index is 0.903. The first kappa shape index (κ1) is 13.9. The van der Waals surface area contributed by atoms with Gasteiger partial charge < -0.3 is 15.1 Å². The molecule has 4 nitrogen and oxygen atoms in total. The Kier molecular flexibility index (Phi) is 5.94. The van der Waals surface area contributed by atoms with E-state index in [0.29, 0.717) is 0 Å². The van der Waals surface area contributed by atoms with Crippen LogP contribution in [-0.4, -0.2) is 50.7 Å². The van der Waals surface area contributed by atoms with Gasteiger partial charge >= 0.3 is 0 Å². The molecule has 0 saturated heterocycles.